The minimum absolute atomic E-state index is 0.258. The number of hydrogen-bond donors (Lipinski definition) is 0. The molecule has 2 aliphatic heterocycles. The summed E-state index contributed by atoms with van der Waals surface area (Å²) < 4.78 is 9.47. The van der Waals surface area contributed by atoms with Gasteiger partial charge >= 0.3 is 0 Å². The highest BCUT2D eigenvalue weighted by Crippen LogP contribution is 2.24. The van der Waals surface area contributed by atoms with E-state index in [1.807, 2.05) is 0 Å². The highest BCUT2D eigenvalue weighted by Gasteiger charge is 2.01. The zero-order chi connectivity index (χ0) is 6.81. The van der Waals surface area contributed by atoms with Crippen molar-refractivity contribution in [1.29, 1.82) is 0 Å². The van der Waals surface area contributed by atoms with Crippen molar-refractivity contribution < 1.29 is 0 Å². The third kappa shape index (κ3) is 1.37. The first kappa shape index (κ1) is 7.09. The molecule has 0 fully saturated rings. The smallest absolute Gasteiger partial charge is 0.00701 e. The van der Waals surface area contributed by atoms with Crippen LogP contribution in [0.5, 0.6) is 0 Å². The summed E-state index contributed by atoms with van der Waals surface area (Å²) in [5.74, 6) is 0. The zero-order valence-electron chi connectivity index (χ0n) is 5.22. The molecule has 0 bridgehead atoms. The topological polar surface area (TPSA) is 0 Å². The van der Waals surface area contributed by atoms with E-state index in [2.05, 4.69) is 28.3 Å². The van der Waals surface area contributed by atoms with Crippen LogP contribution in [-0.2, 0) is 0 Å². The van der Waals surface area contributed by atoms with Crippen molar-refractivity contribution in [2.75, 3.05) is 0 Å². The second-order valence-corrected chi connectivity index (χ2v) is 6.09. The summed E-state index contributed by atoms with van der Waals surface area (Å²) in [5.41, 5.74) is 2.95. The molecule has 0 aromatic rings. The van der Waals surface area contributed by atoms with Crippen molar-refractivity contribution >= 4 is 49.5 Å². The van der Waals surface area contributed by atoms with Gasteiger partial charge in [0.05, 0.1) is 0 Å². The Labute approximate surface area is 80.2 Å². The van der Waals surface area contributed by atoms with E-state index in [-0.39, 0.29) is 41.5 Å². The molecule has 2 heteroatoms. The van der Waals surface area contributed by atoms with Crippen LogP contribution in [0.3, 0.4) is 0 Å². The van der Waals surface area contributed by atoms with E-state index in [9.17, 15) is 0 Å². The minimum atomic E-state index is 0.258. The Balaban J connectivity index is 2.52. The zero-order valence-corrected chi connectivity index (χ0v) is 9.54. The van der Waals surface area contributed by atoms with E-state index in [0.717, 1.165) is 0 Å². The molecular formula is C8H6I2. The average molecular weight is 356 g/mol. The summed E-state index contributed by atoms with van der Waals surface area (Å²) in [4.78, 5) is 0. The second-order valence-electron chi connectivity index (χ2n) is 1.97. The Morgan fingerprint density at radius 1 is 1.10 bits per heavy atom. The van der Waals surface area contributed by atoms with Crippen LogP contribution in [0, 0.1) is 0 Å². The van der Waals surface area contributed by atoms with Gasteiger partial charge in [0.2, 0.25) is 0 Å². The molecule has 0 unspecified atom stereocenters. The van der Waals surface area contributed by atoms with Crippen LogP contribution < -0.4 is 0 Å². The van der Waals surface area contributed by atoms with Crippen molar-refractivity contribution in [1.82, 2.24) is 0 Å². The fourth-order valence-electron chi connectivity index (χ4n) is 0.815. The first-order valence-electron chi connectivity index (χ1n) is 2.94. The molecule has 0 spiro atoms. The number of halogens is 2. The summed E-state index contributed by atoms with van der Waals surface area (Å²) in [5, 5.41) is 0. The van der Waals surface area contributed by atoms with E-state index in [1.165, 1.54) is 11.1 Å². The van der Waals surface area contributed by atoms with Gasteiger partial charge in [-0.25, -0.2) is 0 Å². The Hall–Kier alpha value is 0.420. The van der Waals surface area contributed by atoms with Crippen molar-refractivity contribution in [3.63, 3.8) is 0 Å². The first-order valence-corrected chi connectivity index (χ1v) is 7.93. The SMILES string of the molecule is C1=CC2=CC=IC=C2C=I1. The number of hydrogen-bond acceptors (Lipinski definition) is 0. The highest BCUT2D eigenvalue weighted by atomic mass is 127. The maximum atomic E-state index is 2.41. The van der Waals surface area contributed by atoms with Gasteiger partial charge in [0.1, 0.15) is 0 Å². The fourth-order valence-corrected chi connectivity index (χ4v) is 4.96. The maximum Gasteiger partial charge on any atom is -0.00701 e. The van der Waals surface area contributed by atoms with Gasteiger partial charge in [-0.05, 0) is 39.5 Å². The third-order valence-electron chi connectivity index (χ3n) is 1.33. The highest BCUT2D eigenvalue weighted by molar-refractivity contribution is 14.2. The summed E-state index contributed by atoms with van der Waals surface area (Å²) in [7, 11) is 0. The molecule has 0 N–H and O–H groups in total. The lowest BCUT2D eigenvalue weighted by molar-refractivity contribution is 1.70. The summed E-state index contributed by atoms with van der Waals surface area (Å²) in [6, 6.07) is 0. The average Bonchev–Trinajstić information content (AvgIpc) is 2.05. The van der Waals surface area contributed by atoms with Gasteiger partial charge in [0.25, 0.3) is 0 Å². The fraction of sp³-hybridized carbons (Fsp3) is 0. The van der Waals surface area contributed by atoms with Crippen molar-refractivity contribution in [3.8, 4) is 0 Å². The molecule has 0 amide bonds. The monoisotopic (exact) mass is 356 g/mol. The molecule has 0 aromatic carbocycles. The molecule has 2 aliphatic rings. The number of fused-ring (bicyclic) bond motifs is 1. The van der Waals surface area contributed by atoms with Crippen LogP contribution in [0.15, 0.2) is 31.5 Å². The van der Waals surface area contributed by atoms with Crippen molar-refractivity contribution in [2.24, 2.45) is 0 Å². The Morgan fingerprint density at radius 2 is 2.10 bits per heavy atom. The van der Waals surface area contributed by atoms with Crippen LogP contribution in [0.1, 0.15) is 0 Å². The molecule has 10 heavy (non-hydrogen) atoms. The molecule has 52 valence electrons. The van der Waals surface area contributed by atoms with Crippen LogP contribution in [0.25, 0.3) is 0 Å². The molecule has 0 saturated heterocycles. The molecule has 0 atom stereocenters. The maximum absolute atomic E-state index is 2.41. The lowest BCUT2D eigenvalue weighted by atomic mass is 10.1. The Morgan fingerprint density at radius 3 is 3.00 bits per heavy atom. The molecule has 2 rings (SSSR count). The summed E-state index contributed by atoms with van der Waals surface area (Å²) in [6.45, 7) is 0. The van der Waals surface area contributed by atoms with Crippen molar-refractivity contribution in [3.05, 3.63) is 31.5 Å². The summed E-state index contributed by atoms with van der Waals surface area (Å²) in [6.07, 6.45) is 4.52. The predicted molar refractivity (Wildman–Crippen MR) is 65.5 cm³/mol. The van der Waals surface area contributed by atoms with E-state index in [4.69, 9.17) is 0 Å². The normalized spacial score (nSPS) is 21.6. The summed E-state index contributed by atoms with van der Waals surface area (Å²) >= 11 is 0.516. The Kier molecular flexibility index (Phi) is 2.28. The lowest BCUT2D eigenvalue weighted by Gasteiger charge is -2.06. The van der Waals surface area contributed by atoms with Gasteiger partial charge in [-0.15, -0.1) is 0 Å². The largest absolute Gasteiger partial charge is 0.0930 e. The number of allylic oxidation sites excluding steroid dienone is 4. The van der Waals surface area contributed by atoms with Gasteiger partial charge in [-0.2, -0.15) is 0 Å². The molecule has 0 saturated carbocycles. The predicted octanol–water partition coefficient (Wildman–Crippen LogP) is 2.88. The molecule has 2 heterocycles. The van der Waals surface area contributed by atoms with E-state index >= 15 is 0 Å². The quantitative estimate of drug-likeness (QED) is 0.586. The van der Waals surface area contributed by atoms with Gasteiger partial charge < -0.3 is 0 Å². The molecule has 0 nitrogen and oxygen atoms in total. The third-order valence-corrected chi connectivity index (χ3v) is 4.94. The second kappa shape index (κ2) is 3.21. The van der Waals surface area contributed by atoms with Gasteiger partial charge in [-0.3, -0.25) is 0 Å². The van der Waals surface area contributed by atoms with Gasteiger partial charge in [0.15, 0.2) is 0 Å². The van der Waals surface area contributed by atoms with Crippen molar-refractivity contribution in [2.45, 2.75) is 0 Å². The van der Waals surface area contributed by atoms with E-state index < -0.39 is 0 Å². The molecule has 0 radical (unpaired) electrons. The van der Waals surface area contributed by atoms with Crippen LogP contribution in [0.4, 0.5) is 0 Å². The van der Waals surface area contributed by atoms with Gasteiger partial charge in [-0.1, -0.05) is 41.5 Å². The first-order chi connectivity index (χ1) is 4.97. The lowest BCUT2D eigenvalue weighted by Crippen LogP contribution is -1.90. The standard InChI is InChI=1S/C8H6I2/c1-3-9-5-8-6-10-4-2-7(1)8/h1-6H. The van der Waals surface area contributed by atoms with Gasteiger partial charge in [0, 0.05) is 0 Å². The van der Waals surface area contributed by atoms with Crippen LogP contribution in [-0.4, -0.2) is 8.02 Å². The van der Waals surface area contributed by atoms with E-state index in [0.29, 0.717) is 0 Å². The Bertz CT molecular complexity index is 260. The van der Waals surface area contributed by atoms with E-state index in [1.54, 1.807) is 0 Å². The van der Waals surface area contributed by atoms with Crippen LogP contribution in [0.2, 0.25) is 0 Å². The van der Waals surface area contributed by atoms with Crippen LogP contribution >= 0.6 is 41.5 Å². The molecular weight excluding hydrogens is 350 g/mol. The molecule has 0 aliphatic carbocycles. The number of rotatable bonds is 0. The minimum Gasteiger partial charge on any atom is -0.0930 e. The molecule has 0 aromatic heterocycles.